The van der Waals surface area contributed by atoms with E-state index in [1.807, 2.05) is 0 Å². The predicted molar refractivity (Wildman–Crippen MR) is 106 cm³/mol. The van der Waals surface area contributed by atoms with Gasteiger partial charge in [0, 0.05) is 18.5 Å². The molecule has 0 saturated heterocycles. The lowest BCUT2D eigenvalue weighted by molar-refractivity contribution is -0.253. The number of nitrogens with one attached hydrogen (secondary N) is 2. The van der Waals surface area contributed by atoms with Crippen molar-refractivity contribution in [3.8, 4) is 11.6 Å². The van der Waals surface area contributed by atoms with Gasteiger partial charge in [0.05, 0.1) is 28.0 Å². The molecule has 0 aliphatic heterocycles. The van der Waals surface area contributed by atoms with Gasteiger partial charge in [-0.15, -0.1) is 0 Å². The number of anilines is 1. The Kier molecular flexibility index (Phi) is 6.99. The number of carbonyl (C=O) groups excluding carboxylic acids is 1. The first-order chi connectivity index (χ1) is 15.1. The Balaban J connectivity index is 1.74. The molecule has 9 nitrogen and oxygen atoms in total. The minimum Gasteiger partial charge on any atom is -0.427 e. The molecule has 0 spiro atoms. The van der Waals surface area contributed by atoms with Crippen molar-refractivity contribution >= 4 is 34.9 Å². The molecule has 2 N–H and O–H groups in total. The molecule has 0 fully saturated rings. The van der Waals surface area contributed by atoms with Crippen LogP contribution in [0.4, 0.5) is 28.0 Å². The Morgan fingerprint density at radius 2 is 1.94 bits per heavy atom. The Bertz CT molecular complexity index is 1100. The van der Waals surface area contributed by atoms with Gasteiger partial charge in [-0.25, -0.2) is 14.8 Å². The molecule has 2 heterocycles. The predicted octanol–water partition coefficient (Wildman–Crippen LogP) is 4.48. The fourth-order valence-electron chi connectivity index (χ4n) is 2.44. The van der Waals surface area contributed by atoms with E-state index in [9.17, 15) is 22.4 Å². The van der Waals surface area contributed by atoms with Crippen LogP contribution in [0.2, 0.25) is 10.0 Å². The number of alkyl halides is 4. The molecule has 2 amide bonds. The van der Waals surface area contributed by atoms with Crippen LogP contribution in [0.15, 0.2) is 37.1 Å². The van der Waals surface area contributed by atoms with E-state index < -0.39 is 35.4 Å². The third-order valence-corrected chi connectivity index (χ3v) is 4.45. The van der Waals surface area contributed by atoms with Crippen molar-refractivity contribution < 1.29 is 27.1 Å². The van der Waals surface area contributed by atoms with Gasteiger partial charge in [0.15, 0.2) is 11.6 Å². The van der Waals surface area contributed by atoms with Gasteiger partial charge in [0.2, 0.25) is 0 Å². The molecule has 0 bridgehead atoms. The molecule has 0 aliphatic carbocycles. The molecule has 1 atom stereocenters. The maximum absolute atomic E-state index is 13.2. The lowest BCUT2D eigenvalue weighted by atomic mass is 10.3. The van der Waals surface area contributed by atoms with Crippen LogP contribution in [0, 0.1) is 0 Å². The largest absolute Gasteiger partial charge is 0.461 e. The molecule has 2 aromatic heterocycles. The summed E-state index contributed by atoms with van der Waals surface area (Å²) in [6.45, 7) is 1.59. The summed E-state index contributed by atoms with van der Waals surface area (Å²) < 4.78 is 56.6. The molecule has 32 heavy (non-hydrogen) atoms. The van der Waals surface area contributed by atoms with E-state index in [0.29, 0.717) is 11.6 Å². The zero-order valence-electron chi connectivity index (χ0n) is 15.9. The van der Waals surface area contributed by atoms with Gasteiger partial charge in [0.1, 0.15) is 12.1 Å². The fraction of sp³-hybridized carbons (Fsp3) is 0.235. The number of rotatable bonds is 7. The third-order valence-electron chi connectivity index (χ3n) is 3.85. The summed E-state index contributed by atoms with van der Waals surface area (Å²) >= 11 is 11.7. The van der Waals surface area contributed by atoms with Gasteiger partial charge in [-0.1, -0.05) is 23.2 Å². The summed E-state index contributed by atoms with van der Waals surface area (Å²) in [5.41, 5.74) is -0.212. The highest BCUT2D eigenvalue weighted by Crippen LogP contribution is 2.38. The highest BCUT2D eigenvalue weighted by Gasteiger charge is 2.44. The van der Waals surface area contributed by atoms with Crippen LogP contribution in [-0.2, 0) is 0 Å². The summed E-state index contributed by atoms with van der Waals surface area (Å²) in [4.78, 5) is 24.5. The van der Waals surface area contributed by atoms with Crippen molar-refractivity contribution in [2.45, 2.75) is 25.5 Å². The number of benzene rings is 1. The summed E-state index contributed by atoms with van der Waals surface area (Å²) in [6.07, 6.45) is -3.28. The number of amides is 2. The van der Waals surface area contributed by atoms with Crippen molar-refractivity contribution in [1.82, 2.24) is 30.0 Å². The maximum atomic E-state index is 13.2. The van der Waals surface area contributed by atoms with Gasteiger partial charge in [0.25, 0.3) is 0 Å². The zero-order chi connectivity index (χ0) is 23.5. The summed E-state index contributed by atoms with van der Waals surface area (Å²) in [6, 6.07) is 0.239. The fourth-order valence-corrected chi connectivity index (χ4v) is 2.91. The number of nitrogens with zero attached hydrogens (tertiary/aromatic N) is 5. The van der Waals surface area contributed by atoms with Crippen molar-refractivity contribution in [1.29, 1.82) is 0 Å². The molecule has 0 aliphatic rings. The van der Waals surface area contributed by atoms with Crippen molar-refractivity contribution in [3.05, 3.63) is 52.9 Å². The van der Waals surface area contributed by atoms with Crippen LogP contribution in [0.1, 0.15) is 18.8 Å². The van der Waals surface area contributed by atoms with E-state index in [2.05, 4.69) is 35.4 Å². The molecular weight excluding hydrogens is 481 g/mol. The van der Waals surface area contributed by atoms with Crippen LogP contribution in [0.25, 0.3) is 5.82 Å². The number of carbonyl (C=O) groups is 1. The van der Waals surface area contributed by atoms with E-state index in [0.717, 1.165) is 12.1 Å². The Morgan fingerprint density at radius 1 is 1.19 bits per heavy atom. The second kappa shape index (κ2) is 9.53. The van der Waals surface area contributed by atoms with Gasteiger partial charge in [-0.2, -0.15) is 27.3 Å². The van der Waals surface area contributed by atoms with E-state index in [-0.39, 0.29) is 10.7 Å². The average molecular weight is 494 g/mol. The maximum Gasteiger partial charge on any atom is 0.461 e. The molecule has 1 aromatic carbocycles. The number of halogens is 6. The van der Waals surface area contributed by atoms with E-state index >= 15 is 0 Å². The monoisotopic (exact) mass is 493 g/mol. The first kappa shape index (κ1) is 23.5. The van der Waals surface area contributed by atoms with Crippen LogP contribution < -0.4 is 15.4 Å². The Labute approximate surface area is 187 Å². The highest BCUT2D eigenvalue weighted by molar-refractivity contribution is 6.37. The average Bonchev–Trinajstić information content (AvgIpc) is 3.22. The van der Waals surface area contributed by atoms with Gasteiger partial charge < -0.3 is 15.4 Å². The molecular formula is C17H13Cl2F4N7O2. The minimum atomic E-state index is -4.80. The third kappa shape index (κ3) is 5.34. The molecule has 3 aromatic rings. The van der Waals surface area contributed by atoms with Crippen LogP contribution in [0.3, 0.4) is 0 Å². The molecule has 0 saturated carbocycles. The summed E-state index contributed by atoms with van der Waals surface area (Å²) in [5, 5.41) is 8.28. The van der Waals surface area contributed by atoms with Crippen molar-refractivity contribution in [3.63, 3.8) is 0 Å². The number of hydrogen-bond donors (Lipinski definition) is 2. The summed E-state index contributed by atoms with van der Waals surface area (Å²) in [7, 11) is 0. The second-order valence-corrected chi connectivity index (χ2v) is 6.96. The van der Waals surface area contributed by atoms with Crippen molar-refractivity contribution in [2.24, 2.45) is 0 Å². The minimum absolute atomic E-state index is 0.145. The van der Waals surface area contributed by atoms with Gasteiger partial charge in [-0.05, 0) is 13.0 Å². The number of hydrogen-bond acceptors (Lipinski definition) is 6. The van der Waals surface area contributed by atoms with Gasteiger partial charge in [-0.3, -0.25) is 4.98 Å². The number of ether oxygens (including phenoxy) is 1. The highest BCUT2D eigenvalue weighted by atomic mass is 35.5. The molecule has 170 valence electrons. The molecule has 0 unspecified atom stereocenters. The van der Waals surface area contributed by atoms with E-state index in [4.69, 9.17) is 23.2 Å². The zero-order valence-corrected chi connectivity index (χ0v) is 17.5. The van der Waals surface area contributed by atoms with Crippen LogP contribution in [-0.4, -0.2) is 43.3 Å². The van der Waals surface area contributed by atoms with Crippen molar-refractivity contribution in [2.75, 3.05) is 5.32 Å². The first-order valence-corrected chi connectivity index (χ1v) is 9.42. The SMILES string of the molecule is C[C@H](NC(=O)Nc1cc(OC(F)(F)C(F)F)c(Cl)cc1Cl)c1ncnn1-c1cnccn1. The van der Waals surface area contributed by atoms with Crippen LogP contribution in [0.5, 0.6) is 5.75 Å². The van der Waals surface area contributed by atoms with E-state index in [1.165, 1.54) is 29.6 Å². The standard InChI is InChI=1S/C17H13Cl2F4N7O2/c1-8(14-26-7-27-30(14)13-6-24-2-3-25-13)28-16(31)29-11-5-12(10(19)4-9(11)18)32-17(22,23)15(20)21/h2-8,15H,1H3,(H2,28,29,31)/t8-/m0/s1. The second-order valence-electron chi connectivity index (χ2n) is 6.14. The Morgan fingerprint density at radius 3 is 2.59 bits per heavy atom. The molecule has 15 heteroatoms. The first-order valence-electron chi connectivity index (χ1n) is 8.66. The lowest BCUT2D eigenvalue weighted by Crippen LogP contribution is -2.34. The summed E-state index contributed by atoms with van der Waals surface area (Å²) in [5.74, 6) is -0.132. The quantitative estimate of drug-likeness (QED) is 0.469. The lowest BCUT2D eigenvalue weighted by Gasteiger charge is -2.19. The van der Waals surface area contributed by atoms with Crippen LogP contribution >= 0.6 is 23.2 Å². The Hall–Kier alpha value is -3.19. The molecule has 3 rings (SSSR count). The molecule has 0 radical (unpaired) electrons. The normalized spacial score (nSPS) is 12.5. The number of urea groups is 1. The van der Waals surface area contributed by atoms with E-state index in [1.54, 1.807) is 6.92 Å². The number of aromatic nitrogens is 5. The topological polar surface area (TPSA) is 107 Å². The smallest absolute Gasteiger partial charge is 0.427 e. The van der Waals surface area contributed by atoms with Gasteiger partial charge >= 0.3 is 18.6 Å².